The smallest absolute Gasteiger partial charge is 0.251 e. The Kier molecular flexibility index (Phi) is 6.39. The first-order valence-corrected chi connectivity index (χ1v) is 11.7. The second-order valence-corrected chi connectivity index (χ2v) is 9.36. The average Bonchev–Trinajstić information content (AvgIpc) is 2.68. The summed E-state index contributed by atoms with van der Waals surface area (Å²) in [6, 6.07) is 14.6. The topological polar surface area (TPSA) is 75.3 Å². The Morgan fingerprint density at radius 1 is 1.00 bits per heavy atom. The second-order valence-electron chi connectivity index (χ2n) is 7.61. The van der Waals surface area contributed by atoms with Crippen LogP contribution in [0.25, 0.3) is 0 Å². The van der Waals surface area contributed by atoms with Crippen molar-refractivity contribution in [3.63, 3.8) is 0 Å². The minimum atomic E-state index is -3.39. The van der Waals surface area contributed by atoms with Crippen molar-refractivity contribution in [1.82, 2.24) is 5.32 Å². The van der Waals surface area contributed by atoms with Crippen molar-refractivity contribution in [2.75, 3.05) is 11.0 Å². The molecule has 0 unspecified atom stereocenters. The van der Waals surface area contributed by atoms with Crippen LogP contribution >= 0.6 is 0 Å². The molecule has 2 aromatic rings. The van der Waals surface area contributed by atoms with Gasteiger partial charge in [0.2, 0.25) is 10.0 Å². The van der Waals surface area contributed by atoms with Gasteiger partial charge in [0.15, 0.2) is 0 Å². The molecule has 0 aliphatic heterocycles. The highest BCUT2D eigenvalue weighted by Gasteiger charge is 2.18. The van der Waals surface area contributed by atoms with E-state index >= 15 is 0 Å². The van der Waals surface area contributed by atoms with Gasteiger partial charge in [-0.1, -0.05) is 49.6 Å². The fraction of sp³-hybridized carbons (Fsp3) is 0.409. The summed E-state index contributed by atoms with van der Waals surface area (Å²) < 4.78 is 25.7. The standard InChI is InChI=1S/C22H28N2O3S/c1-16(20-10-6-7-11-21(20)24-28(2,26)27)23-22(25)19-14-12-18(13-15-19)17-8-4-3-5-9-17/h6-7,10-17,24H,3-5,8-9H2,1-2H3,(H,23,25)/t16-/m0/s1. The van der Waals surface area contributed by atoms with Gasteiger partial charge in [0.25, 0.3) is 5.91 Å². The number of anilines is 1. The molecular weight excluding hydrogens is 372 g/mol. The predicted octanol–water partition coefficient (Wildman–Crippen LogP) is 4.60. The van der Waals surface area contributed by atoms with Crippen LogP contribution in [-0.4, -0.2) is 20.6 Å². The molecule has 2 aromatic carbocycles. The largest absolute Gasteiger partial charge is 0.345 e. The van der Waals surface area contributed by atoms with Crippen molar-refractivity contribution >= 4 is 21.6 Å². The van der Waals surface area contributed by atoms with Crippen molar-refractivity contribution in [3.05, 3.63) is 65.2 Å². The fourth-order valence-corrected chi connectivity index (χ4v) is 4.45. The summed E-state index contributed by atoms with van der Waals surface area (Å²) in [6.07, 6.45) is 7.46. The monoisotopic (exact) mass is 400 g/mol. The third kappa shape index (κ3) is 5.35. The Labute approximate surface area is 167 Å². The minimum Gasteiger partial charge on any atom is -0.345 e. The Morgan fingerprint density at radius 3 is 2.29 bits per heavy atom. The molecule has 0 radical (unpaired) electrons. The van der Waals surface area contributed by atoms with Gasteiger partial charge in [-0.05, 0) is 55.0 Å². The van der Waals surface area contributed by atoms with Crippen molar-refractivity contribution in [2.24, 2.45) is 0 Å². The van der Waals surface area contributed by atoms with Crippen LogP contribution in [0.4, 0.5) is 5.69 Å². The zero-order valence-corrected chi connectivity index (χ0v) is 17.3. The summed E-state index contributed by atoms with van der Waals surface area (Å²) in [5.41, 5.74) is 3.12. The number of hydrogen-bond donors (Lipinski definition) is 2. The molecule has 0 bridgehead atoms. The van der Waals surface area contributed by atoms with E-state index < -0.39 is 10.0 Å². The van der Waals surface area contributed by atoms with E-state index in [2.05, 4.69) is 22.2 Å². The van der Waals surface area contributed by atoms with Gasteiger partial charge in [0, 0.05) is 5.56 Å². The van der Waals surface area contributed by atoms with Crippen LogP contribution in [0.2, 0.25) is 0 Å². The van der Waals surface area contributed by atoms with Gasteiger partial charge >= 0.3 is 0 Å². The first-order chi connectivity index (χ1) is 13.3. The molecule has 0 aromatic heterocycles. The highest BCUT2D eigenvalue weighted by Crippen LogP contribution is 2.32. The first-order valence-electron chi connectivity index (χ1n) is 9.81. The van der Waals surface area contributed by atoms with Crippen molar-refractivity contribution in [3.8, 4) is 0 Å². The lowest BCUT2D eigenvalue weighted by Crippen LogP contribution is -2.27. The maximum absolute atomic E-state index is 12.7. The third-order valence-electron chi connectivity index (χ3n) is 5.32. The van der Waals surface area contributed by atoms with Crippen LogP contribution in [-0.2, 0) is 10.0 Å². The van der Waals surface area contributed by atoms with E-state index in [-0.39, 0.29) is 11.9 Å². The number of carbonyl (C=O) groups excluding carboxylic acids is 1. The second kappa shape index (κ2) is 8.78. The van der Waals surface area contributed by atoms with E-state index in [1.165, 1.54) is 37.7 Å². The Bertz CT molecular complexity index is 917. The highest BCUT2D eigenvalue weighted by molar-refractivity contribution is 7.92. The predicted molar refractivity (Wildman–Crippen MR) is 113 cm³/mol. The first kappa shape index (κ1) is 20.4. The van der Waals surface area contributed by atoms with Crippen LogP contribution in [0.15, 0.2) is 48.5 Å². The number of amides is 1. The lowest BCUT2D eigenvalue weighted by Gasteiger charge is -2.22. The fourth-order valence-electron chi connectivity index (χ4n) is 3.87. The van der Waals surface area contributed by atoms with Gasteiger partial charge in [-0.15, -0.1) is 0 Å². The van der Waals surface area contributed by atoms with Crippen LogP contribution in [0, 0.1) is 0 Å². The van der Waals surface area contributed by atoms with Gasteiger partial charge in [0.1, 0.15) is 0 Å². The van der Waals surface area contributed by atoms with Crippen molar-refractivity contribution in [2.45, 2.75) is 51.0 Å². The molecule has 1 fully saturated rings. The number of carbonyl (C=O) groups is 1. The summed E-state index contributed by atoms with van der Waals surface area (Å²) >= 11 is 0. The van der Waals surface area contributed by atoms with E-state index in [4.69, 9.17) is 0 Å². The maximum atomic E-state index is 12.7. The zero-order valence-electron chi connectivity index (χ0n) is 16.4. The molecule has 6 heteroatoms. The summed E-state index contributed by atoms with van der Waals surface area (Å²) in [5.74, 6) is 0.440. The van der Waals surface area contributed by atoms with Crippen molar-refractivity contribution in [1.29, 1.82) is 0 Å². The van der Waals surface area contributed by atoms with E-state index in [1.54, 1.807) is 12.1 Å². The molecule has 150 valence electrons. The molecule has 1 amide bonds. The molecule has 1 saturated carbocycles. The number of sulfonamides is 1. The van der Waals surface area contributed by atoms with E-state index in [1.807, 2.05) is 31.2 Å². The molecule has 1 aliphatic carbocycles. The maximum Gasteiger partial charge on any atom is 0.251 e. The van der Waals surface area contributed by atoms with E-state index in [0.29, 0.717) is 17.2 Å². The molecule has 1 atom stereocenters. The number of hydrogen-bond acceptors (Lipinski definition) is 3. The quantitative estimate of drug-likeness (QED) is 0.744. The average molecular weight is 401 g/mol. The number of nitrogens with one attached hydrogen (secondary N) is 2. The minimum absolute atomic E-state index is 0.170. The van der Waals surface area contributed by atoms with Crippen LogP contribution in [0.1, 0.15) is 72.5 Å². The van der Waals surface area contributed by atoms with Gasteiger partial charge < -0.3 is 5.32 Å². The zero-order chi connectivity index (χ0) is 20.1. The van der Waals surface area contributed by atoms with Gasteiger partial charge in [0.05, 0.1) is 18.0 Å². The van der Waals surface area contributed by atoms with Crippen LogP contribution in [0.5, 0.6) is 0 Å². The Hall–Kier alpha value is -2.34. The number of para-hydroxylation sites is 1. The summed E-state index contributed by atoms with van der Waals surface area (Å²) in [4.78, 5) is 12.7. The lowest BCUT2D eigenvalue weighted by atomic mass is 9.84. The summed E-state index contributed by atoms with van der Waals surface area (Å²) in [5, 5.41) is 2.96. The van der Waals surface area contributed by atoms with Gasteiger partial charge in [-0.3, -0.25) is 9.52 Å². The van der Waals surface area contributed by atoms with Gasteiger partial charge in [-0.2, -0.15) is 0 Å². The molecule has 28 heavy (non-hydrogen) atoms. The normalized spacial score (nSPS) is 16.4. The number of rotatable bonds is 6. The molecule has 0 heterocycles. The molecule has 1 aliphatic rings. The van der Waals surface area contributed by atoms with Crippen LogP contribution in [0.3, 0.4) is 0 Å². The molecule has 0 saturated heterocycles. The Balaban J connectivity index is 1.69. The SMILES string of the molecule is C[C@H](NC(=O)c1ccc(C2CCCCC2)cc1)c1ccccc1NS(C)(=O)=O. The molecular formula is C22H28N2O3S. The summed E-state index contributed by atoms with van der Waals surface area (Å²) in [7, 11) is -3.39. The van der Waals surface area contributed by atoms with E-state index in [0.717, 1.165) is 11.8 Å². The number of benzene rings is 2. The van der Waals surface area contributed by atoms with Gasteiger partial charge in [-0.25, -0.2) is 8.42 Å². The lowest BCUT2D eigenvalue weighted by molar-refractivity contribution is 0.0940. The third-order valence-corrected chi connectivity index (χ3v) is 5.91. The van der Waals surface area contributed by atoms with E-state index in [9.17, 15) is 13.2 Å². The highest BCUT2D eigenvalue weighted by atomic mass is 32.2. The molecule has 0 spiro atoms. The molecule has 3 rings (SSSR count). The molecule has 5 nitrogen and oxygen atoms in total. The Morgan fingerprint density at radius 2 is 1.64 bits per heavy atom. The van der Waals surface area contributed by atoms with Crippen molar-refractivity contribution < 1.29 is 13.2 Å². The molecule has 2 N–H and O–H groups in total. The van der Waals surface area contributed by atoms with Crippen LogP contribution < -0.4 is 10.0 Å². The summed E-state index contributed by atoms with van der Waals surface area (Å²) in [6.45, 7) is 1.84.